The number of benzene rings is 2. The first-order valence-corrected chi connectivity index (χ1v) is 7.54. The van der Waals surface area contributed by atoms with Crippen molar-refractivity contribution in [2.24, 2.45) is 0 Å². The lowest BCUT2D eigenvalue weighted by molar-refractivity contribution is -0.119. The summed E-state index contributed by atoms with van der Waals surface area (Å²) in [7, 11) is 0. The van der Waals surface area contributed by atoms with Gasteiger partial charge in [-0.3, -0.25) is 4.79 Å². The number of carbonyl (C=O) groups excluding carboxylic acids is 1. The summed E-state index contributed by atoms with van der Waals surface area (Å²) in [6.07, 6.45) is -2.24. The van der Waals surface area contributed by atoms with Gasteiger partial charge < -0.3 is 20.3 Å². The van der Waals surface area contributed by atoms with Crippen molar-refractivity contribution in [3.05, 3.63) is 65.5 Å². The maximum Gasteiger partial charge on any atom is 0.216 e. The molecular formula is C18H20FNO4. The standard InChI is InChI=1S/C18H20FNO4/c1-12(21)20-10-17(22)18(23)13-6-8-15(9-7-13)24-11-14-4-2-3-5-16(14)19/h2-9,17-18,22-23H,10-11H2,1H3,(H,20,21). The number of amides is 1. The largest absolute Gasteiger partial charge is 0.489 e. The second-order valence-corrected chi connectivity index (χ2v) is 5.40. The first-order valence-electron chi connectivity index (χ1n) is 7.54. The van der Waals surface area contributed by atoms with Gasteiger partial charge in [0.1, 0.15) is 30.4 Å². The average Bonchev–Trinajstić information content (AvgIpc) is 2.58. The van der Waals surface area contributed by atoms with Crippen LogP contribution in [0.25, 0.3) is 0 Å². The molecule has 3 N–H and O–H groups in total. The number of ether oxygens (including phenoxy) is 1. The molecule has 0 fully saturated rings. The van der Waals surface area contributed by atoms with Crippen molar-refractivity contribution in [3.63, 3.8) is 0 Å². The molecule has 2 aromatic carbocycles. The lowest BCUT2D eigenvalue weighted by atomic mass is 10.0. The number of hydrogen-bond donors (Lipinski definition) is 3. The van der Waals surface area contributed by atoms with Crippen molar-refractivity contribution < 1.29 is 24.1 Å². The van der Waals surface area contributed by atoms with E-state index in [2.05, 4.69) is 5.32 Å². The zero-order valence-electron chi connectivity index (χ0n) is 13.3. The topological polar surface area (TPSA) is 78.8 Å². The van der Waals surface area contributed by atoms with Gasteiger partial charge in [0.05, 0.1) is 0 Å². The average molecular weight is 333 g/mol. The third-order valence-electron chi connectivity index (χ3n) is 3.50. The van der Waals surface area contributed by atoms with Crippen LogP contribution in [0.4, 0.5) is 4.39 Å². The molecule has 0 saturated carbocycles. The molecule has 0 aliphatic heterocycles. The van der Waals surface area contributed by atoms with Gasteiger partial charge in [0.25, 0.3) is 0 Å². The molecule has 0 aromatic heterocycles. The molecule has 0 heterocycles. The molecule has 2 aromatic rings. The smallest absolute Gasteiger partial charge is 0.216 e. The van der Waals surface area contributed by atoms with E-state index in [-0.39, 0.29) is 24.9 Å². The Kier molecular flexibility index (Phi) is 6.28. The highest BCUT2D eigenvalue weighted by atomic mass is 19.1. The van der Waals surface area contributed by atoms with Crippen LogP contribution in [0.1, 0.15) is 24.2 Å². The van der Waals surface area contributed by atoms with Crippen molar-refractivity contribution in [2.75, 3.05) is 6.54 Å². The Morgan fingerprint density at radius 2 is 1.83 bits per heavy atom. The summed E-state index contributed by atoms with van der Waals surface area (Å²) in [4.78, 5) is 10.8. The molecule has 2 atom stereocenters. The van der Waals surface area contributed by atoms with E-state index in [0.717, 1.165) is 0 Å². The molecule has 5 nitrogen and oxygen atoms in total. The second kappa shape index (κ2) is 8.42. The van der Waals surface area contributed by atoms with E-state index < -0.39 is 12.2 Å². The van der Waals surface area contributed by atoms with E-state index in [4.69, 9.17) is 4.74 Å². The Hall–Kier alpha value is -2.44. The maximum atomic E-state index is 13.5. The summed E-state index contributed by atoms with van der Waals surface area (Å²) in [6.45, 7) is 1.39. The van der Waals surface area contributed by atoms with Crippen LogP contribution in [0.2, 0.25) is 0 Å². The Balaban J connectivity index is 1.92. The van der Waals surface area contributed by atoms with Crippen LogP contribution in [0.5, 0.6) is 5.75 Å². The van der Waals surface area contributed by atoms with Crippen LogP contribution in [-0.2, 0) is 11.4 Å². The zero-order valence-corrected chi connectivity index (χ0v) is 13.3. The van der Waals surface area contributed by atoms with E-state index in [0.29, 0.717) is 16.9 Å². The fraction of sp³-hybridized carbons (Fsp3) is 0.278. The highest BCUT2D eigenvalue weighted by Gasteiger charge is 2.18. The predicted octanol–water partition coefficient (Wildman–Crippen LogP) is 1.94. The van der Waals surface area contributed by atoms with Crippen LogP contribution < -0.4 is 10.1 Å². The number of halogens is 1. The van der Waals surface area contributed by atoms with Crippen LogP contribution in [0, 0.1) is 5.82 Å². The Morgan fingerprint density at radius 1 is 1.17 bits per heavy atom. The van der Waals surface area contributed by atoms with Gasteiger partial charge in [0, 0.05) is 19.0 Å². The molecule has 0 spiro atoms. The minimum atomic E-state index is -1.13. The van der Waals surface area contributed by atoms with E-state index in [1.807, 2.05) is 0 Å². The lowest BCUT2D eigenvalue weighted by Crippen LogP contribution is -2.34. The number of aliphatic hydroxyl groups is 2. The minimum absolute atomic E-state index is 0.0396. The van der Waals surface area contributed by atoms with Gasteiger partial charge in [0.2, 0.25) is 5.91 Å². The Bertz CT molecular complexity index is 675. The molecule has 2 rings (SSSR count). The molecule has 0 bridgehead atoms. The summed E-state index contributed by atoms with van der Waals surface area (Å²) in [5.74, 6) is -0.0886. The molecule has 6 heteroatoms. The van der Waals surface area contributed by atoms with Crippen molar-refractivity contribution in [2.45, 2.75) is 25.7 Å². The van der Waals surface area contributed by atoms with Gasteiger partial charge in [-0.2, -0.15) is 0 Å². The van der Waals surface area contributed by atoms with Crippen LogP contribution in [0.15, 0.2) is 48.5 Å². The first kappa shape index (κ1) is 17.9. The molecule has 0 radical (unpaired) electrons. The minimum Gasteiger partial charge on any atom is -0.489 e. The normalized spacial score (nSPS) is 13.2. The summed E-state index contributed by atoms with van der Waals surface area (Å²) in [5, 5.41) is 22.3. The van der Waals surface area contributed by atoms with Crippen LogP contribution >= 0.6 is 0 Å². The zero-order chi connectivity index (χ0) is 17.5. The summed E-state index contributed by atoms with van der Waals surface area (Å²) in [5.41, 5.74) is 0.943. The fourth-order valence-electron chi connectivity index (χ4n) is 2.12. The monoisotopic (exact) mass is 333 g/mol. The van der Waals surface area contributed by atoms with E-state index in [1.165, 1.54) is 13.0 Å². The number of aliphatic hydroxyl groups excluding tert-OH is 2. The number of carbonyl (C=O) groups is 1. The summed E-state index contributed by atoms with van der Waals surface area (Å²) >= 11 is 0. The molecular weight excluding hydrogens is 313 g/mol. The van der Waals surface area contributed by atoms with Gasteiger partial charge >= 0.3 is 0 Å². The molecule has 1 amide bonds. The fourth-order valence-corrected chi connectivity index (χ4v) is 2.12. The predicted molar refractivity (Wildman–Crippen MR) is 86.8 cm³/mol. The Morgan fingerprint density at radius 3 is 2.46 bits per heavy atom. The highest BCUT2D eigenvalue weighted by molar-refractivity contribution is 5.72. The van der Waals surface area contributed by atoms with Crippen molar-refractivity contribution >= 4 is 5.91 Å². The van der Waals surface area contributed by atoms with Crippen molar-refractivity contribution in [3.8, 4) is 5.75 Å². The summed E-state index contributed by atoms with van der Waals surface area (Å²) in [6, 6.07) is 12.8. The highest BCUT2D eigenvalue weighted by Crippen LogP contribution is 2.21. The number of rotatable bonds is 7. The lowest BCUT2D eigenvalue weighted by Gasteiger charge is -2.18. The Labute approximate surface area is 139 Å². The number of hydrogen-bond acceptors (Lipinski definition) is 4. The summed E-state index contributed by atoms with van der Waals surface area (Å²) < 4.78 is 19.0. The van der Waals surface area contributed by atoms with Crippen molar-refractivity contribution in [1.82, 2.24) is 5.32 Å². The molecule has 2 unspecified atom stereocenters. The number of nitrogens with one attached hydrogen (secondary N) is 1. The molecule has 0 aliphatic rings. The van der Waals surface area contributed by atoms with Crippen LogP contribution in [0.3, 0.4) is 0 Å². The van der Waals surface area contributed by atoms with E-state index in [1.54, 1.807) is 42.5 Å². The van der Waals surface area contributed by atoms with Gasteiger partial charge in [0.15, 0.2) is 0 Å². The third kappa shape index (κ3) is 5.04. The molecule has 24 heavy (non-hydrogen) atoms. The second-order valence-electron chi connectivity index (χ2n) is 5.40. The third-order valence-corrected chi connectivity index (χ3v) is 3.50. The molecule has 128 valence electrons. The SMILES string of the molecule is CC(=O)NCC(O)C(O)c1ccc(OCc2ccccc2F)cc1. The first-order chi connectivity index (χ1) is 11.5. The van der Waals surface area contributed by atoms with Gasteiger partial charge in [-0.1, -0.05) is 30.3 Å². The van der Waals surface area contributed by atoms with E-state index >= 15 is 0 Å². The maximum absolute atomic E-state index is 13.5. The molecule has 0 aliphatic carbocycles. The van der Waals surface area contributed by atoms with Crippen molar-refractivity contribution in [1.29, 1.82) is 0 Å². The van der Waals surface area contributed by atoms with Crippen LogP contribution in [-0.4, -0.2) is 28.8 Å². The van der Waals surface area contributed by atoms with Gasteiger partial charge in [-0.15, -0.1) is 0 Å². The quantitative estimate of drug-likeness (QED) is 0.723. The van der Waals surface area contributed by atoms with Gasteiger partial charge in [-0.05, 0) is 23.8 Å². The molecule has 0 saturated heterocycles. The van der Waals surface area contributed by atoms with E-state index in [9.17, 15) is 19.4 Å². The van der Waals surface area contributed by atoms with Gasteiger partial charge in [-0.25, -0.2) is 4.39 Å².